The molecule has 5 unspecified atom stereocenters. The Labute approximate surface area is 212 Å². The van der Waals surface area contributed by atoms with Crippen molar-refractivity contribution in [1.82, 2.24) is 26.6 Å². The second-order valence-corrected chi connectivity index (χ2v) is 11.0. The van der Waals surface area contributed by atoms with E-state index in [-0.39, 0.29) is 12.2 Å². The molecule has 0 heterocycles. The molecule has 0 aromatic heterocycles. The fraction of sp³-hybridized carbons (Fsp3) is 1.00. The second kappa shape index (κ2) is 23.1. The SMILES string of the molecule is CCC(C)CC(C)CC(C)CC(O)CNCCNCCNCCNCCNCC(O)CC(C)C. The predicted octanol–water partition coefficient (Wildman–Crippen LogP) is 2.19. The molecule has 0 aliphatic rings. The predicted molar refractivity (Wildman–Crippen MR) is 147 cm³/mol. The highest BCUT2D eigenvalue weighted by molar-refractivity contribution is 4.69. The third-order valence-electron chi connectivity index (χ3n) is 6.40. The first kappa shape index (κ1) is 33.7. The molecule has 7 N–H and O–H groups in total. The van der Waals surface area contributed by atoms with Crippen molar-refractivity contribution < 1.29 is 10.2 Å². The molecule has 0 spiro atoms. The molecular formula is C27H61N5O2. The van der Waals surface area contributed by atoms with Crippen LogP contribution in [0.25, 0.3) is 0 Å². The molecule has 5 atom stereocenters. The van der Waals surface area contributed by atoms with Crippen LogP contribution in [0.15, 0.2) is 0 Å². The first-order valence-corrected chi connectivity index (χ1v) is 14.1. The van der Waals surface area contributed by atoms with Gasteiger partial charge in [-0.3, -0.25) is 0 Å². The zero-order valence-electron chi connectivity index (χ0n) is 23.5. The fourth-order valence-corrected chi connectivity index (χ4v) is 4.53. The summed E-state index contributed by atoms with van der Waals surface area (Å²) in [6, 6.07) is 0. The molecule has 0 radical (unpaired) electrons. The van der Waals surface area contributed by atoms with Crippen LogP contribution >= 0.6 is 0 Å². The van der Waals surface area contributed by atoms with Crippen LogP contribution in [0, 0.1) is 23.7 Å². The summed E-state index contributed by atoms with van der Waals surface area (Å²) < 4.78 is 0. The van der Waals surface area contributed by atoms with E-state index in [0.717, 1.165) is 77.0 Å². The van der Waals surface area contributed by atoms with E-state index in [9.17, 15) is 10.2 Å². The topological polar surface area (TPSA) is 101 Å². The van der Waals surface area contributed by atoms with Crippen molar-refractivity contribution >= 4 is 0 Å². The Balaban J connectivity index is 3.38. The van der Waals surface area contributed by atoms with E-state index in [4.69, 9.17) is 0 Å². The summed E-state index contributed by atoms with van der Waals surface area (Å²) in [5, 5.41) is 37.0. The molecule has 0 saturated heterocycles. The van der Waals surface area contributed by atoms with Crippen LogP contribution in [0.2, 0.25) is 0 Å². The highest BCUT2D eigenvalue weighted by atomic mass is 16.3. The fourth-order valence-electron chi connectivity index (χ4n) is 4.53. The summed E-state index contributed by atoms with van der Waals surface area (Å²) >= 11 is 0. The molecule has 0 saturated carbocycles. The van der Waals surface area contributed by atoms with Crippen LogP contribution in [0.5, 0.6) is 0 Å². The monoisotopic (exact) mass is 487 g/mol. The molecule has 7 heteroatoms. The van der Waals surface area contributed by atoms with E-state index in [1.807, 2.05) is 0 Å². The Morgan fingerprint density at radius 2 is 0.824 bits per heavy atom. The first-order valence-electron chi connectivity index (χ1n) is 14.1. The van der Waals surface area contributed by atoms with Crippen LogP contribution in [0.4, 0.5) is 0 Å². The lowest BCUT2D eigenvalue weighted by atomic mass is 9.86. The van der Waals surface area contributed by atoms with Gasteiger partial charge in [-0.2, -0.15) is 0 Å². The van der Waals surface area contributed by atoms with Gasteiger partial charge in [0, 0.05) is 65.4 Å². The van der Waals surface area contributed by atoms with Gasteiger partial charge in [0.2, 0.25) is 0 Å². The van der Waals surface area contributed by atoms with Gasteiger partial charge in [-0.05, 0) is 49.4 Å². The average molecular weight is 488 g/mol. The van der Waals surface area contributed by atoms with Crippen molar-refractivity contribution in [3.05, 3.63) is 0 Å². The van der Waals surface area contributed by atoms with Gasteiger partial charge >= 0.3 is 0 Å². The molecule has 0 aliphatic carbocycles. The molecule has 0 aromatic carbocycles. The summed E-state index contributed by atoms with van der Waals surface area (Å²) in [6.45, 7) is 22.3. The molecule has 0 aliphatic heterocycles. The quantitative estimate of drug-likeness (QED) is 0.0991. The maximum atomic E-state index is 10.3. The van der Waals surface area contributed by atoms with Gasteiger partial charge in [0.15, 0.2) is 0 Å². The summed E-state index contributed by atoms with van der Waals surface area (Å²) in [7, 11) is 0. The molecule has 34 heavy (non-hydrogen) atoms. The van der Waals surface area contributed by atoms with E-state index in [2.05, 4.69) is 68.1 Å². The Morgan fingerprint density at radius 1 is 0.471 bits per heavy atom. The van der Waals surface area contributed by atoms with E-state index in [0.29, 0.717) is 24.9 Å². The van der Waals surface area contributed by atoms with Gasteiger partial charge in [-0.25, -0.2) is 0 Å². The smallest absolute Gasteiger partial charge is 0.0667 e. The maximum absolute atomic E-state index is 10.3. The first-order chi connectivity index (χ1) is 16.2. The van der Waals surface area contributed by atoms with Crippen molar-refractivity contribution in [2.24, 2.45) is 23.7 Å². The standard InChI is InChI=1S/C27H61N5O2/c1-7-23(4)17-24(5)18-25(6)19-27(34)21-32-15-13-30-11-9-28-8-10-29-12-14-31-20-26(33)16-22(2)3/h22-34H,7-21H2,1-6H3. The summed E-state index contributed by atoms with van der Waals surface area (Å²) in [5.41, 5.74) is 0. The van der Waals surface area contributed by atoms with Crippen molar-refractivity contribution in [3.63, 3.8) is 0 Å². The van der Waals surface area contributed by atoms with Crippen molar-refractivity contribution in [3.8, 4) is 0 Å². The van der Waals surface area contributed by atoms with Crippen LogP contribution in [-0.4, -0.2) is 87.9 Å². The zero-order valence-corrected chi connectivity index (χ0v) is 23.5. The summed E-state index contributed by atoms with van der Waals surface area (Å²) in [4.78, 5) is 0. The van der Waals surface area contributed by atoms with Crippen LogP contribution < -0.4 is 26.6 Å². The lowest BCUT2D eigenvalue weighted by Gasteiger charge is -2.22. The molecule has 0 rings (SSSR count). The third kappa shape index (κ3) is 23.5. The van der Waals surface area contributed by atoms with Crippen molar-refractivity contribution in [1.29, 1.82) is 0 Å². The van der Waals surface area contributed by atoms with Gasteiger partial charge in [0.25, 0.3) is 0 Å². The molecule has 0 aromatic rings. The third-order valence-corrected chi connectivity index (χ3v) is 6.40. The highest BCUT2D eigenvalue weighted by Gasteiger charge is 2.15. The van der Waals surface area contributed by atoms with Gasteiger partial charge in [0.1, 0.15) is 0 Å². The van der Waals surface area contributed by atoms with Crippen LogP contribution in [-0.2, 0) is 0 Å². The minimum atomic E-state index is -0.250. The largest absolute Gasteiger partial charge is 0.392 e. The summed E-state index contributed by atoms with van der Waals surface area (Å²) in [6.07, 6.45) is 5.03. The zero-order chi connectivity index (χ0) is 25.6. The van der Waals surface area contributed by atoms with Gasteiger partial charge in [0.05, 0.1) is 12.2 Å². The number of aliphatic hydroxyl groups excluding tert-OH is 2. The van der Waals surface area contributed by atoms with E-state index >= 15 is 0 Å². The molecular weight excluding hydrogens is 426 g/mol. The Hall–Kier alpha value is -0.280. The van der Waals surface area contributed by atoms with Crippen molar-refractivity contribution in [2.45, 2.75) is 85.9 Å². The molecule has 0 fully saturated rings. The van der Waals surface area contributed by atoms with E-state index in [1.54, 1.807) is 0 Å². The second-order valence-electron chi connectivity index (χ2n) is 11.0. The number of aliphatic hydroxyl groups is 2. The molecule has 0 bridgehead atoms. The number of rotatable bonds is 25. The van der Waals surface area contributed by atoms with Gasteiger partial charge in [-0.1, -0.05) is 48.0 Å². The van der Waals surface area contributed by atoms with E-state index < -0.39 is 0 Å². The molecule has 206 valence electrons. The minimum Gasteiger partial charge on any atom is -0.392 e. The molecule has 0 amide bonds. The van der Waals surface area contributed by atoms with E-state index in [1.165, 1.54) is 19.3 Å². The van der Waals surface area contributed by atoms with Gasteiger partial charge < -0.3 is 36.8 Å². The van der Waals surface area contributed by atoms with Crippen LogP contribution in [0.1, 0.15) is 73.6 Å². The average Bonchev–Trinajstić information content (AvgIpc) is 2.75. The molecule has 7 nitrogen and oxygen atoms in total. The highest BCUT2D eigenvalue weighted by Crippen LogP contribution is 2.23. The number of hydrogen-bond donors (Lipinski definition) is 7. The number of hydrogen-bond acceptors (Lipinski definition) is 7. The normalized spacial score (nSPS) is 16.5. The lowest BCUT2D eigenvalue weighted by molar-refractivity contribution is 0.136. The van der Waals surface area contributed by atoms with Crippen LogP contribution in [0.3, 0.4) is 0 Å². The summed E-state index contributed by atoms with van der Waals surface area (Å²) in [5.74, 6) is 2.67. The number of nitrogens with one attached hydrogen (secondary N) is 5. The maximum Gasteiger partial charge on any atom is 0.0667 e. The minimum absolute atomic E-state index is 0.240. The Kier molecular flexibility index (Phi) is 22.9. The van der Waals surface area contributed by atoms with Gasteiger partial charge in [-0.15, -0.1) is 0 Å². The Morgan fingerprint density at radius 3 is 1.24 bits per heavy atom. The van der Waals surface area contributed by atoms with Crippen molar-refractivity contribution in [2.75, 3.05) is 65.4 Å². The Bertz CT molecular complexity index is 428. The lowest BCUT2D eigenvalue weighted by Crippen LogP contribution is -2.38.